The van der Waals surface area contributed by atoms with E-state index in [1.165, 1.54) is 15.5 Å². The van der Waals surface area contributed by atoms with Crippen molar-refractivity contribution in [3.8, 4) is 23.3 Å². The SMILES string of the molecule is CN(C)C(=O)C(C)(C)/C=C(/C#N)C(=O)N1CCC[C@@H](n2c(=O)n(-c3ccc(Oc4ccccc4)cc3)c3c(N)nccc32)C1. The van der Waals surface area contributed by atoms with Gasteiger partial charge in [0.15, 0.2) is 0 Å². The summed E-state index contributed by atoms with van der Waals surface area (Å²) < 4.78 is 9.10. The Hall–Kier alpha value is -5.37. The summed E-state index contributed by atoms with van der Waals surface area (Å²) in [5, 5.41) is 9.86. The number of hydrogen-bond acceptors (Lipinski definition) is 7. The van der Waals surface area contributed by atoms with Gasteiger partial charge >= 0.3 is 5.69 Å². The number of carbonyl (C=O) groups excluding carboxylic acids is 2. The molecule has 226 valence electrons. The zero-order chi connectivity index (χ0) is 31.6. The van der Waals surface area contributed by atoms with E-state index in [4.69, 9.17) is 10.5 Å². The largest absolute Gasteiger partial charge is 0.457 e. The number of pyridine rings is 1. The third kappa shape index (κ3) is 5.79. The van der Waals surface area contributed by atoms with Crippen molar-refractivity contribution >= 4 is 28.7 Å². The molecule has 0 saturated carbocycles. The van der Waals surface area contributed by atoms with E-state index in [0.29, 0.717) is 47.6 Å². The van der Waals surface area contributed by atoms with E-state index in [2.05, 4.69) is 4.98 Å². The summed E-state index contributed by atoms with van der Waals surface area (Å²) in [6.07, 6.45) is 4.25. The molecule has 2 amide bonds. The quantitative estimate of drug-likeness (QED) is 0.249. The topological polar surface area (TPSA) is 139 Å². The van der Waals surface area contributed by atoms with Crippen LogP contribution in [-0.2, 0) is 9.59 Å². The van der Waals surface area contributed by atoms with Gasteiger partial charge < -0.3 is 20.3 Å². The molecule has 5 rings (SSSR count). The van der Waals surface area contributed by atoms with Crippen LogP contribution in [0.15, 0.2) is 83.3 Å². The summed E-state index contributed by atoms with van der Waals surface area (Å²) >= 11 is 0. The highest BCUT2D eigenvalue weighted by Gasteiger charge is 2.33. The van der Waals surface area contributed by atoms with Crippen LogP contribution in [0.2, 0.25) is 0 Å². The van der Waals surface area contributed by atoms with E-state index in [1.807, 2.05) is 36.4 Å². The maximum absolute atomic E-state index is 14.1. The summed E-state index contributed by atoms with van der Waals surface area (Å²) in [5.41, 5.74) is 6.52. The molecule has 0 aliphatic carbocycles. The number of rotatable bonds is 7. The maximum atomic E-state index is 14.1. The zero-order valence-corrected chi connectivity index (χ0v) is 25.2. The first-order chi connectivity index (χ1) is 21.0. The third-order valence-electron chi connectivity index (χ3n) is 7.75. The van der Waals surface area contributed by atoms with Crippen molar-refractivity contribution in [1.29, 1.82) is 5.26 Å². The first-order valence-corrected chi connectivity index (χ1v) is 14.4. The van der Waals surface area contributed by atoms with Crippen molar-refractivity contribution in [2.75, 3.05) is 32.9 Å². The van der Waals surface area contributed by atoms with Crippen LogP contribution in [0, 0.1) is 16.7 Å². The van der Waals surface area contributed by atoms with Crippen molar-refractivity contribution in [3.05, 3.63) is 89.0 Å². The molecule has 2 aromatic carbocycles. The molecule has 11 heteroatoms. The number of hydrogen-bond donors (Lipinski definition) is 1. The van der Waals surface area contributed by atoms with E-state index in [0.717, 1.165) is 0 Å². The number of amides is 2. The third-order valence-corrected chi connectivity index (χ3v) is 7.75. The van der Waals surface area contributed by atoms with Crippen LogP contribution in [0.5, 0.6) is 11.5 Å². The van der Waals surface area contributed by atoms with Gasteiger partial charge in [-0.15, -0.1) is 0 Å². The molecular formula is C33H35N7O4. The van der Waals surface area contributed by atoms with E-state index in [1.54, 1.807) is 73.9 Å². The molecule has 44 heavy (non-hydrogen) atoms. The van der Waals surface area contributed by atoms with Crippen molar-refractivity contribution in [2.24, 2.45) is 5.41 Å². The molecule has 2 aromatic heterocycles. The fourth-order valence-electron chi connectivity index (χ4n) is 5.73. The number of fused-ring (bicyclic) bond motifs is 1. The normalized spacial score (nSPS) is 15.6. The summed E-state index contributed by atoms with van der Waals surface area (Å²) in [4.78, 5) is 47.6. The number of nitriles is 1. The molecule has 1 atom stereocenters. The van der Waals surface area contributed by atoms with Crippen LogP contribution in [0.4, 0.5) is 5.82 Å². The second-order valence-corrected chi connectivity index (χ2v) is 11.6. The summed E-state index contributed by atoms with van der Waals surface area (Å²) in [5.74, 6) is 0.819. The number of piperidine rings is 1. The predicted molar refractivity (Wildman–Crippen MR) is 167 cm³/mol. The van der Waals surface area contributed by atoms with Gasteiger partial charge in [-0.3, -0.25) is 18.7 Å². The average molecular weight is 594 g/mol. The highest BCUT2D eigenvalue weighted by Crippen LogP contribution is 2.30. The lowest BCUT2D eigenvalue weighted by Gasteiger charge is -2.33. The fraction of sp³-hybridized carbons (Fsp3) is 0.303. The first-order valence-electron chi connectivity index (χ1n) is 14.4. The van der Waals surface area contributed by atoms with E-state index in [-0.39, 0.29) is 35.6 Å². The maximum Gasteiger partial charge on any atom is 0.334 e. The number of carbonyl (C=O) groups is 2. The highest BCUT2D eigenvalue weighted by atomic mass is 16.5. The van der Waals surface area contributed by atoms with Gasteiger partial charge in [-0.1, -0.05) is 18.2 Å². The average Bonchev–Trinajstić information content (AvgIpc) is 3.32. The Balaban J connectivity index is 1.48. The number of benzene rings is 2. The van der Waals surface area contributed by atoms with Crippen molar-refractivity contribution in [2.45, 2.75) is 32.7 Å². The lowest BCUT2D eigenvalue weighted by atomic mass is 9.89. The number of imidazole rings is 1. The summed E-state index contributed by atoms with van der Waals surface area (Å²) in [7, 11) is 3.26. The number of nitrogens with zero attached hydrogens (tertiary/aromatic N) is 6. The second kappa shape index (κ2) is 12.1. The number of anilines is 1. The van der Waals surface area contributed by atoms with Crippen LogP contribution in [0.3, 0.4) is 0 Å². The van der Waals surface area contributed by atoms with Crippen molar-refractivity contribution in [3.63, 3.8) is 0 Å². The lowest BCUT2D eigenvalue weighted by Crippen LogP contribution is -2.43. The minimum absolute atomic E-state index is 0.105. The van der Waals surface area contributed by atoms with E-state index >= 15 is 0 Å². The Morgan fingerprint density at radius 3 is 2.43 bits per heavy atom. The van der Waals surface area contributed by atoms with E-state index < -0.39 is 11.3 Å². The molecule has 1 fully saturated rings. The molecule has 11 nitrogen and oxygen atoms in total. The molecule has 0 spiro atoms. The van der Waals surface area contributed by atoms with Gasteiger partial charge in [0, 0.05) is 33.4 Å². The molecule has 2 N–H and O–H groups in total. The number of nitrogens with two attached hydrogens (primary N) is 1. The Morgan fingerprint density at radius 1 is 1.09 bits per heavy atom. The molecular weight excluding hydrogens is 558 g/mol. The molecule has 0 unspecified atom stereocenters. The summed E-state index contributed by atoms with van der Waals surface area (Å²) in [6, 6.07) is 19.9. The molecule has 4 aromatic rings. The molecule has 0 radical (unpaired) electrons. The smallest absolute Gasteiger partial charge is 0.334 e. The number of para-hydroxylation sites is 1. The minimum atomic E-state index is -1.05. The first kappa shape index (κ1) is 30.1. The van der Waals surface area contributed by atoms with Crippen molar-refractivity contribution < 1.29 is 14.3 Å². The molecule has 3 heterocycles. The van der Waals surface area contributed by atoms with Crippen LogP contribution in [0.25, 0.3) is 16.7 Å². The number of aromatic nitrogens is 3. The molecule has 1 aliphatic heterocycles. The predicted octanol–water partition coefficient (Wildman–Crippen LogP) is 4.29. The lowest BCUT2D eigenvalue weighted by molar-refractivity contribution is -0.135. The molecule has 1 aliphatic rings. The Labute approximate surface area is 255 Å². The van der Waals surface area contributed by atoms with Gasteiger partial charge in [-0.25, -0.2) is 9.78 Å². The second-order valence-electron chi connectivity index (χ2n) is 11.6. The van der Waals surface area contributed by atoms with Crippen LogP contribution in [0.1, 0.15) is 32.7 Å². The Kier molecular flexibility index (Phi) is 8.27. The van der Waals surface area contributed by atoms with Gasteiger partial charge in [-0.2, -0.15) is 5.26 Å². The van der Waals surface area contributed by atoms with Crippen LogP contribution in [-0.4, -0.2) is 62.9 Å². The standard InChI is InChI=1S/C33H35N7O4/c1-33(2,31(42)37(3)4)19-22(20-34)30(41)38-18-8-9-24(21-38)39-27-16-17-36-29(35)28(27)40(32(39)43)23-12-14-26(15-13-23)44-25-10-6-5-7-11-25/h5-7,10-17,19,24H,8-9,18,21H2,1-4H3,(H2,35,36)/b22-19-/t24-/m1/s1. The number of nitrogen functional groups attached to an aromatic ring is 1. The van der Waals surface area contributed by atoms with Crippen molar-refractivity contribution in [1.82, 2.24) is 23.9 Å². The van der Waals surface area contributed by atoms with Gasteiger partial charge in [0.25, 0.3) is 5.91 Å². The van der Waals surface area contributed by atoms with Crippen LogP contribution >= 0.6 is 0 Å². The fourth-order valence-corrected chi connectivity index (χ4v) is 5.73. The number of likely N-dealkylation sites (tertiary alicyclic amines) is 1. The van der Waals surface area contributed by atoms with Gasteiger partial charge in [0.2, 0.25) is 5.91 Å². The monoisotopic (exact) mass is 593 g/mol. The van der Waals surface area contributed by atoms with E-state index in [9.17, 15) is 19.6 Å². The Bertz CT molecular complexity index is 1830. The number of ether oxygens (including phenoxy) is 1. The zero-order valence-electron chi connectivity index (χ0n) is 25.2. The molecule has 1 saturated heterocycles. The molecule has 0 bridgehead atoms. The minimum Gasteiger partial charge on any atom is -0.457 e. The van der Waals surface area contributed by atoms with Crippen LogP contribution < -0.4 is 16.2 Å². The summed E-state index contributed by atoms with van der Waals surface area (Å²) in [6.45, 7) is 3.99. The Morgan fingerprint density at radius 2 is 1.77 bits per heavy atom. The van der Waals surface area contributed by atoms with Gasteiger partial charge in [0.1, 0.15) is 34.5 Å². The highest BCUT2D eigenvalue weighted by molar-refractivity contribution is 5.98. The van der Waals surface area contributed by atoms with Gasteiger partial charge in [-0.05, 0) is 75.2 Å². The van der Waals surface area contributed by atoms with Gasteiger partial charge in [0.05, 0.1) is 22.7 Å².